The zero-order chi connectivity index (χ0) is 16.2. The Kier molecular flexibility index (Phi) is 3.33. The van der Waals surface area contributed by atoms with Gasteiger partial charge in [-0.1, -0.05) is 17.7 Å². The average molecular weight is 331 g/mol. The number of fused-ring (bicyclic) bond motifs is 2. The molecular weight excluding hydrogens is 310 g/mol. The van der Waals surface area contributed by atoms with Crippen molar-refractivity contribution in [2.45, 2.75) is 49.5 Å². The van der Waals surface area contributed by atoms with Crippen LogP contribution in [-0.4, -0.2) is 14.0 Å². The fourth-order valence-corrected chi connectivity index (χ4v) is 6.38. The number of nitriles is 1. The van der Waals surface area contributed by atoms with Crippen molar-refractivity contribution in [3.8, 4) is 6.07 Å². The van der Waals surface area contributed by atoms with E-state index in [1.165, 1.54) is 0 Å². The molecule has 122 valence electrons. The van der Waals surface area contributed by atoms with E-state index in [4.69, 9.17) is 4.18 Å². The van der Waals surface area contributed by atoms with Crippen LogP contribution >= 0.6 is 0 Å². The van der Waals surface area contributed by atoms with Gasteiger partial charge in [-0.15, -0.1) is 0 Å². The van der Waals surface area contributed by atoms with E-state index in [1.54, 1.807) is 24.3 Å². The van der Waals surface area contributed by atoms with Gasteiger partial charge < -0.3 is 0 Å². The Morgan fingerprint density at radius 1 is 1.13 bits per heavy atom. The summed E-state index contributed by atoms with van der Waals surface area (Å²) in [5, 5.41) is 9.84. The van der Waals surface area contributed by atoms with Crippen LogP contribution in [0.2, 0.25) is 0 Å². The van der Waals surface area contributed by atoms with Gasteiger partial charge in [0.15, 0.2) is 5.60 Å². The molecular formula is C18H21NO3S. The van der Waals surface area contributed by atoms with Gasteiger partial charge in [-0.25, -0.2) is 4.18 Å². The smallest absolute Gasteiger partial charge is 0.244 e. The maximum atomic E-state index is 12.7. The molecule has 4 nitrogen and oxygen atoms in total. The summed E-state index contributed by atoms with van der Waals surface area (Å²) in [7, 11) is -3.91. The van der Waals surface area contributed by atoms with Crippen LogP contribution in [0.25, 0.3) is 0 Å². The molecule has 5 atom stereocenters. The van der Waals surface area contributed by atoms with Crippen LogP contribution in [0.15, 0.2) is 29.2 Å². The van der Waals surface area contributed by atoms with Gasteiger partial charge in [0.2, 0.25) is 0 Å². The SMILES string of the molecule is Cc1ccc(S(=O)(=O)O[C@@]2(C#N)C[C@H]3C[C@@H]4C[C@H](C3)[C@@H]2C4)cc1. The third-order valence-corrected chi connectivity index (χ3v) is 7.41. The van der Waals surface area contributed by atoms with Crippen molar-refractivity contribution in [3.05, 3.63) is 29.8 Å². The second kappa shape index (κ2) is 5.06. The van der Waals surface area contributed by atoms with Crippen molar-refractivity contribution in [2.24, 2.45) is 23.7 Å². The van der Waals surface area contributed by atoms with E-state index in [2.05, 4.69) is 6.07 Å². The van der Waals surface area contributed by atoms with E-state index in [0.29, 0.717) is 24.2 Å². The normalized spacial score (nSPS) is 38.4. The molecule has 0 aromatic heterocycles. The molecule has 3 aliphatic rings. The summed E-state index contributed by atoms with van der Waals surface area (Å²) in [6, 6.07) is 8.91. The number of rotatable bonds is 3. The molecule has 5 heteroatoms. The van der Waals surface area contributed by atoms with Gasteiger partial charge in [0.05, 0.1) is 11.0 Å². The summed E-state index contributed by atoms with van der Waals surface area (Å²) in [6.45, 7) is 1.91. The van der Waals surface area contributed by atoms with Crippen molar-refractivity contribution in [2.75, 3.05) is 0 Å². The van der Waals surface area contributed by atoms with Crippen molar-refractivity contribution < 1.29 is 12.6 Å². The Bertz CT molecular complexity index is 762. The molecule has 0 unspecified atom stereocenters. The summed E-state index contributed by atoms with van der Waals surface area (Å²) in [4.78, 5) is 0.144. The molecule has 0 saturated heterocycles. The van der Waals surface area contributed by atoms with Gasteiger partial charge in [-0.05, 0) is 68.9 Å². The van der Waals surface area contributed by atoms with Gasteiger partial charge in [0.25, 0.3) is 10.1 Å². The van der Waals surface area contributed by atoms with Crippen LogP contribution in [0, 0.1) is 41.9 Å². The monoisotopic (exact) mass is 331 g/mol. The molecule has 3 aliphatic carbocycles. The Morgan fingerprint density at radius 3 is 2.52 bits per heavy atom. The Hall–Kier alpha value is -1.38. The lowest BCUT2D eigenvalue weighted by Crippen LogP contribution is -2.48. The van der Waals surface area contributed by atoms with Crippen LogP contribution in [-0.2, 0) is 14.3 Å². The van der Waals surface area contributed by atoms with Gasteiger partial charge in [-0.3, -0.25) is 0 Å². The minimum atomic E-state index is -3.91. The largest absolute Gasteiger partial charge is 0.298 e. The highest BCUT2D eigenvalue weighted by Crippen LogP contribution is 2.60. The van der Waals surface area contributed by atoms with E-state index < -0.39 is 15.7 Å². The van der Waals surface area contributed by atoms with E-state index in [9.17, 15) is 13.7 Å². The van der Waals surface area contributed by atoms with Crippen LogP contribution in [0.1, 0.15) is 37.7 Å². The number of nitrogens with zero attached hydrogens (tertiary/aromatic N) is 1. The molecule has 1 aromatic rings. The molecule has 0 amide bonds. The predicted octanol–water partition coefficient (Wildman–Crippen LogP) is 3.42. The maximum absolute atomic E-state index is 12.7. The number of hydrogen-bond acceptors (Lipinski definition) is 4. The number of aryl methyl sites for hydroxylation is 1. The summed E-state index contributed by atoms with van der Waals surface area (Å²) in [5.41, 5.74) is -0.170. The molecule has 23 heavy (non-hydrogen) atoms. The topological polar surface area (TPSA) is 67.2 Å². The van der Waals surface area contributed by atoms with E-state index in [0.717, 1.165) is 31.2 Å². The van der Waals surface area contributed by atoms with Crippen molar-refractivity contribution in [1.29, 1.82) is 5.26 Å². The van der Waals surface area contributed by atoms with E-state index >= 15 is 0 Å². The molecule has 4 rings (SSSR count). The first kappa shape index (κ1) is 15.2. The third kappa shape index (κ3) is 2.40. The van der Waals surface area contributed by atoms with Crippen LogP contribution in [0.4, 0.5) is 0 Å². The standard InChI is InChI=1S/C18H21NO3S/c1-12-2-4-16(5-3-12)23(20,21)22-18(11-19)10-14-6-13-7-15(8-14)17(18)9-13/h2-5,13-15,17H,6-10H2,1H3/t13-,14+,15-,17+,18-/m1/s1. The zero-order valence-electron chi connectivity index (χ0n) is 13.2. The molecule has 3 saturated carbocycles. The predicted molar refractivity (Wildman–Crippen MR) is 84.8 cm³/mol. The molecule has 0 spiro atoms. The Balaban J connectivity index is 1.68. The molecule has 0 radical (unpaired) electrons. The summed E-state index contributed by atoms with van der Waals surface area (Å²) in [6.07, 6.45) is 4.91. The van der Waals surface area contributed by atoms with Gasteiger partial charge in [-0.2, -0.15) is 13.7 Å². The van der Waals surface area contributed by atoms with Gasteiger partial charge in [0, 0.05) is 5.92 Å². The zero-order valence-corrected chi connectivity index (χ0v) is 14.1. The maximum Gasteiger partial charge on any atom is 0.298 e. The highest BCUT2D eigenvalue weighted by molar-refractivity contribution is 7.86. The fraction of sp³-hybridized carbons (Fsp3) is 0.611. The van der Waals surface area contributed by atoms with Crippen LogP contribution < -0.4 is 0 Å². The summed E-state index contributed by atoms with van der Waals surface area (Å²) < 4.78 is 31.1. The third-order valence-electron chi connectivity index (χ3n) is 6.04. The minimum Gasteiger partial charge on any atom is -0.244 e. The quantitative estimate of drug-likeness (QED) is 0.796. The average Bonchev–Trinajstić information content (AvgIpc) is 2.75. The van der Waals surface area contributed by atoms with Gasteiger partial charge >= 0.3 is 0 Å². The Morgan fingerprint density at radius 2 is 1.83 bits per heavy atom. The first-order chi connectivity index (χ1) is 10.9. The van der Waals surface area contributed by atoms with Crippen LogP contribution in [0.5, 0.6) is 0 Å². The molecule has 0 N–H and O–H groups in total. The number of hydrogen-bond donors (Lipinski definition) is 0. The van der Waals surface area contributed by atoms with E-state index in [1.807, 2.05) is 6.92 Å². The summed E-state index contributed by atoms with van der Waals surface area (Å²) in [5.74, 6) is 1.62. The lowest BCUT2D eigenvalue weighted by molar-refractivity contribution is -0.0121. The summed E-state index contributed by atoms with van der Waals surface area (Å²) >= 11 is 0. The first-order valence-corrected chi connectivity index (χ1v) is 9.76. The Labute approximate surface area is 137 Å². The molecule has 3 fully saturated rings. The van der Waals surface area contributed by atoms with Crippen LogP contribution in [0.3, 0.4) is 0 Å². The lowest BCUT2D eigenvalue weighted by atomic mass is 9.65. The highest BCUT2D eigenvalue weighted by atomic mass is 32.2. The molecule has 0 heterocycles. The number of benzene rings is 1. The first-order valence-electron chi connectivity index (χ1n) is 8.35. The van der Waals surface area contributed by atoms with Crippen molar-refractivity contribution in [3.63, 3.8) is 0 Å². The second-order valence-corrected chi connectivity index (χ2v) is 9.14. The van der Waals surface area contributed by atoms with Crippen molar-refractivity contribution >= 4 is 10.1 Å². The fourth-order valence-electron chi connectivity index (χ4n) is 5.20. The van der Waals surface area contributed by atoms with E-state index in [-0.39, 0.29) is 10.8 Å². The lowest BCUT2D eigenvalue weighted by Gasteiger charge is -2.43. The van der Waals surface area contributed by atoms with Crippen molar-refractivity contribution in [1.82, 2.24) is 0 Å². The second-order valence-electron chi connectivity index (χ2n) is 7.60. The van der Waals surface area contributed by atoms with Gasteiger partial charge in [0.1, 0.15) is 0 Å². The molecule has 3 bridgehead atoms. The highest BCUT2D eigenvalue weighted by Gasteiger charge is 2.59. The molecule has 1 aromatic carbocycles. The minimum absolute atomic E-state index is 0.0662. The molecule has 0 aliphatic heterocycles.